The molecule has 0 unspecified atom stereocenters. The molecule has 3 aromatic heterocycles. The maximum absolute atomic E-state index is 13.2. The number of carbonyl (C=O) groups excluding carboxylic acids is 1. The third-order valence-corrected chi connectivity index (χ3v) is 6.17. The van der Waals surface area contributed by atoms with E-state index in [-0.39, 0.29) is 11.5 Å². The summed E-state index contributed by atoms with van der Waals surface area (Å²) >= 11 is 1.49. The zero-order chi connectivity index (χ0) is 19.3. The molecule has 1 amide bonds. The maximum atomic E-state index is 13.2. The normalized spacial score (nSPS) is 13.5. The number of hydrogen-bond acceptors (Lipinski definition) is 5. The maximum Gasteiger partial charge on any atom is 0.262 e. The second-order valence-electron chi connectivity index (χ2n) is 6.80. The fourth-order valence-electron chi connectivity index (χ4n) is 3.69. The van der Waals surface area contributed by atoms with Crippen LogP contribution < -0.4 is 10.5 Å². The molecule has 0 bridgehead atoms. The van der Waals surface area contributed by atoms with Crippen LogP contribution in [0.25, 0.3) is 10.2 Å². The van der Waals surface area contributed by atoms with Gasteiger partial charge in [0, 0.05) is 36.6 Å². The number of anilines is 1. The van der Waals surface area contributed by atoms with E-state index in [1.807, 2.05) is 31.2 Å². The van der Waals surface area contributed by atoms with Gasteiger partial charge in [-0.2, -0.15) is 0 Å². The molecule has 0 saturated heterocycles. The summed E-state index contributed by atoms with van der Waals surface area (Å²) in [7, 11) is 0. The standard InChI is InChI=1S/C20H17N5O2S/c1-12-18-13(8-17(26)24(12)7-6-14-9-21-11-22-14)10-25(19(18)27)20-23-15-4-2-3-5-16(15)28-20/h2-5,8-9,11H,6-7,10H2,1H3,(H,21,22). The van der Waals surface area contributed by atoms with Crippen LogP contribution in [0.3, 0.4) is 0 Å². The SMILES string of the molecule is Cc1c2c(cc(=O)n1CCc1cnc[nH]1)CN(c1nc3ccccc3s1)C2=O. The van der Waals surface area contributed by atoms with Gasteiger partial charge in [-0.3, -0.25) is 14.5 Å². The van der Waals surface area contributed by atoms with E-state index in [0.717, 1.165) is 21.5 Å². The van der Waals surface area contributed by atoms with Crippen LogP contribution in [-0.2, 0) is 19.5 Å². The highest BCUT2D eigenvalue weighted by Gasteiger charge is 2.33. The highest BCUT2D eigenvalue weighted by Crippen LogP contribution is 2.34. The number of pyridine rings is 1. The first kappa shape index (κ1) is 16.9. The number of para-hydroxylation sites is 1. The summed E-state index contributed by atoms with van der Waals surface area (Å²) in [5.41, 5.74) is 3.83. The van der Waals surface area contributed by atoms with Gasteiger partial charge in [0.05, 0.1) is 28.7 Å². The van der Waals surface area contributed by atoms with Crippen molar-refractivity contribution in [1.82, 2.24) is 19.5 Å². The van der Waals surface area contributed by atoms with Crippen molar-refractivity contribution in [3.8, 4) is 0 Å². The van der Waals surface area contributed by atoms with Gasteiger partial charge in [-0.05, 0) is 24.6 Å². The summed E-state index contributed by atoms with van der Waals surface area (Å²) in [6, 6.07) is 9.41. The van der Waals surface area contributed by atoms with E-state index >= 15 is 0 Å². The fraction of sp³-hybridized carbons (Fsp3) is 0.200. The van der Waals surface area contributed by atoms with E-state index in [2.05, 4.69) is 15.0 Å². The van der Waals surface area contributed by atoms with Crippen molar-refractivity contribution < 1.29 is 4.79 Å². The molecule has 5 rings (SSSR count). The number of hydrogen-bond donors (Lipinski definition) is 1. The predicted molar refractivity (Wildman–Crippen MR) is 108 cm³/mol. The average Bonchev–Trinajstić information content (AvgIpc) is 3.40. The number of imidazole rings is 1. The van der Waals surface area contributed by atoms with Gasteiger partial charge in [-0.1, -0.05) is 23.5 Å². The van der Waals surface area contributed by atoms with Gasteiger partial charge in [0.15, 0.2) is 5.13 Å². The van der Waals surface area contributed by atoms with Gasteiger partial charge in [-0.15, -0.1) is 0 Å². The summed E-state index contributed by atoms with van der Waals surface area (Å²) < 4.78 is 2.71. The van der Waals surface area contributed by atoms with Gasteiger partial charge in [-0.25, -0.2) is 9.97 Å². The Hall–Kier alpha value is -3.26. The molecule has 0 spiro atoms. The molecule has 0 atom stereocenters. The number of H-pyrrole nitrogens is 1. The molecule has 28 heavy (non-hydrogen) atoms. The van der Waals surface area contributed by atoms with E-state index in [9.17, 15) is 9.59 Å². The Bertz CT molecular complexity index is 1220. The number of benzene rings is 1. The van der Waals surface area contributed by atoms with Gasteiger partial charge in [0.2, 0.25) is 0 Å². The molecule has 4 aromatic rings. The zero-order valence-electron chi connectivity index (χ0n) is 15.2. The number of rotatable bonds is 4. The Morgan fingerprint density at radius 1 is 1.25 bits per heavy atom. The van der Waals surface area contributed by atoms with Crippen molar-refractivity contribution in [2.24, 2.45) is 0 Å². The molecule has 1 aliphatic heterocycles. The minimum Gasteiger partial charge on any atom is -0.348 e. The molecule has 1 N–H and O–H groups in total. The number of thiazole rings is 1. The first-order chi connectivity index (χ1) is 13.6. The van der Waals surface area contributed by atoms with Gasteiger partial charge in [0.1, 0.15) is 0 Å². The molecule has 7 nitrogen and oxygen atoms in total. The van der Waals surface area contributed by atoms with Crippen LogP contribution in [0, 0.1) is 6.92 Å². The minimum atomic E-state index is -0.0955. The second kappa shape index (κ2) is 6.42. The summed E-state index contributed by atoms with van der Waals surface area (Å²) in [5.74, 6) is -0.0955. The van der Waals surface area contributed by atoms with E-state index < -0.39 is 0 Å². The number of amides is 1. The molecule has 0 saturated carbocycles. The summed E-state index contributed by atoms with van der Waals surface area (Å²) in [4.78, 5) is 39.1. The second-order valence-corrected chi connectivity index (χ2v) is 7.81. The Kier molecular flexibility index (Phi) is 3.87. The highest BCUT2D eigenvalue weighted by atomic mass is 32.1. The lowest BCUT2D eigenvalue weighted by molar-refractivity contribution is 0.0995. The highest BCUT2D eigenvalue weighted by molar-refractivity contribution is 7.22. The smallest absolute Gasteiger partial charge is 0.262 e. The van der Waals surface area contributed by atoms with Crippen molar-refractivity contribution in [3.05, 3.63) is 75.7 Å². The largest absolute Gasteiger partial charge is 0.348 e. The molecular formula is C20H17N5O2S. The van der Waals surface area contributed by atoms with Crippen LogP contribution in [0.1, 0.15) is 27.3 Å². The molecule has 140 valence electrons. The van der Waals surface area contributed by atoms with Gasteiger partial charge in [0.25, 0.3) is 11.5 Å². The topological polar surface area (TPSA) is 83.9 Å². The first-order valence-electron chi connectivity index (χ1n) is 9.00. The van der Waals surface area contributed by atoms with Crippen molar-refractivity contribution in [2.45, 2.75) is 26.4 Å². The molecule has 0 aliphatic carbocycles. The number of nitrogens with one attached hydrogen (secondary N) is 1. The molecule has 1 aromatic carbocycles. The van der Waals surface area contributed by atoms with E-state index in [0.29, 0.717) is 35.9 Å². The molecule has 0 fully saturated rings. The van der Waals surface area contributed by atoms with Crippen LogP contribution in [0.2, 0.25) is 0 Å². The summed E-state index contributed by atoms with van der Waals surface area (Å²) in [5, 5.41) is 0.665. The molecular weight excluding hydrogens is 374 g/mol. The third kappa shape index (κ3) is 2.65. The number of fused-ring (bicyclic) bond motifs is 2. The zero-order valence-corrected chi connectivity index (χ0v) is 16.0. The van der Waals surface area contributed by atoms with Crippen LogP contribution >= 0.6 is 11.3 Å². The summed E-state index contributed by atoms with van der Waals surface area (Å²) in [6.07, 6.45) is 4.01. The fourth-order valence-corrected chi connectivity index (χ4v) is 4.65. The summed E-state index contributed by atoms with van der Waals surface area (Å²) in [6.45, 7) is 2.72. The number of aromatic nitrogens is 4. The number of carbonyl (C=O) groups is 1. The van der Waals surface area contributed by atoms with Gasteiger partial charge < -0.3 is 9.55 Å². The molecule has 8 heteroatoms. The Morgan fingerprint density at radius 2 is 2.11 bits per heavy atom. The lowest BCUT2D eigenvalue weighted by Crippen LogP contribution is -2.26. The Morgan fingerprint density at radius 3 is 2.89 bits per heavy atom. The van der Waals surface area contributed by atoms with Crippen LogP contribution in [0.5, 0.6) is 0 Å². The number of nitrogens with zero attached hydrogens (tertiary/aromatic N) is 4. The first-order valence-corrected chi connectivity index (χ1v) is 9.81. The number of aromatic amines is 1. The van der Waals surface area contributed by atoms with Crippen LogP contribution in [-0.4, -0.2) is 25.4 Å². The van der Waals surface area contributed by atoms with Crippen molar-refractivity contribution in [2.75, 3.05) is 4.90 Å². The third-order valence-electron chi connectivity index (χ3n) is 5.11. The molecule has 4 heterocycles. The predicted octanol–water partition coefficient (Wildman–Crippen LogP) is 2.89. The average molecular weight is 391 g/mol. The van der Waals surface area contributed by atoms with E-state index in [4.69, 9.17) is 0 Å². The van der Waals surface area contributed by atoms with Crippen molar-refractivity contribution in [3.63, 3.8) is 0 Å². The molecule has 1 aliphatic rings. The monoisotopic (exact) mass is 391 g/mol. The van der Waals surface area contributed by atoms with Crippen LogP contribution in [0.15, 0.2) is 47.7 Å². The Labute approximate surface area is 164 Å². The van der Waals surface area contributed by atoms with Crippen LogP contribution in [0.4, 0.5) is 5.13 Å². The van der Waals surface area contributed by atoms with Crippen molar-refractivity contribution >= 4 is 32.6 Å². The minimum absolute atomic E-state index is 0.0882. The Balaban J connectivity index is 1.50. The lowest BCUT2D eigenvalue weighted by Gasteiger charge is -2.13. The molecule has 0 radical (unpaired) electrons. The number of aryl methyl sites for hydroxylation is 1. The van der Waals surface area contributed by atoms with Gasteiger partial charge >= 0.3 is 0 Å². The van der Waals surface area contributed by atoms with E-state index in [1.54, 1.807) is 28.1 Å². The van der Waals surface area contributed by atoms with E-state index in [1.165, 1.54) is 11.3 Å². The quantitative estimate of drug-likeness (QED) is 0.580. The lowest BCUT2D eigenvalue weighted by atomic mass is 10.1. The van der Waals surface area contributed by atoms with Crippen molar-refractivity contribution in [1.29, 1.82) is 0 Å².